The van der Waals surface area contributed by atoms with Gasteiger partial charge in [-0.2, -0.15) is 13.2 Å². The van der Waals surface area contributed by atoms with E-state index in [1.54, 1.807) is 18.2 Å². The van der Waals surface area contributed by atoms with Crippen LogP contribution in [0.1, 0.15) is 0 Å². The zero-order valence-electron chi connectivity index (χ0n) is 14.6. The van der Waals surface area contributed by atoms with Gasteiger partial charge in [-0.1, -0.05) is 0 Å². The summed E-state index contributed by atoms with van der Waals surface area (Å²) in [6.45, 7) is 0. The first-order valence-corrected chi connectivity index (χ1v) is 7.72. The maximum Gasteiger partial charge on any atom is 0.471 e. The van der Waals surface area contributed by atoms with Crippen LogP contribution in [0.5, 0.6) is 11.5 Å². The van der Waals surface area contributed by atoms with Gasteiger partial charge in [0.1, 0.15) is 17.0 Å². The van der Waals surface area contributed by atoms with Crippen molar-refractivity contribution in [2.75, 3.05) is 26.2 Å². The smallest absolute Gasteiger partial charge is 0.471 e. The van der Waals surface area contributed by atoms with Crippen molar-refractivity contribution in [3.05, 3.63) is 36.4 Å². The van der Waals surface area contributed by atoms with Crippen molar-refractivity contribution in [1.82, 2.24) is 4.98 Å². The number of hydrogen-bond donors (Lipinski definition) is 0. The molecule has 0 aliphatic heterocycles. The molecule has 6 nitrogen and oxygen atoms in total. The zero-order chi connectivity index (χ0) is 19.8. The Morgan fingerprint density at radius 2 is 1.70 bits per heavy atom. The molecule has 0 saturated heterocycles. The summed E-state index contributed by atoms with van der Waals surface area (Å²) in [6.07, 6.45) is -4.96. The normalized spacial score (nSPS) is 11.5. The molecule has 0 spiro atoms. The molecule has 1 amide bonds. The molecule has 0 N–H and O–H groups in total. The first kappa shape index (κ1) is 18.6. The highest BCUT2D eigenvalue weighted by atomic mass is 19.4. The van der Waals surface area contributed by atoms with Crippen molar-refractivity contribution in [1.29, 1.82) is 0 Å². The highest BCUT2D eigenvalue weighted by Gasteiger charge is 2.41. The number of halogens is 3. The standard InChI is InChI=1S/C18H15F3N2O4/c1-23(17(24)18(19,20)21)11-4-5-14-15(8-11)27-16(22-14)10-6-12(25-2)9-13(7-10)26-3/h4-9H,1-3H3. The van der Waals surface area contributed by atoms with Crippen molar-refractivity contribution in [3.8, 4) is 23.0 Å². The number of oxazole rings is 1. The summed E-state index contributed by atoms with van der Waals surface area (Å²) in [5, 5.41) is 0. The van der Waals surface area contributed by atoms with E-state index in [-0.39, 0.29) is 17.2 Å². The fourth-order valence-corrected chi connectivity index (χ4v) is 2.48. The quantitative estimate of drug-likeness (QED) is 0.684. The minimum atomic E-state index is -4.96. The maximum absolute atomic E-state index is 12.6. The van der Waals surface area contributed by atoms with Gasteiger partial charge >= 0.3 is 12.1 Å². The van der Waals surface area contributed by atoms with Crippen LogP contribution >= 0.6 is 0 Å². The number of rotatable bonds is 4. The second kappa shape index (κ2) is 6.82. The van der Waals surface area contributed by atoms with E-state index in [0.717, 1.165) is 7.05 Å². The average molecular weight is 380 g/mol. The van der Waals surface area contributed by atoms with Crippen molar-refractivity contribution in [3.63, 3.8) is 0 Å². The zero-order valence-corrected chi connectivity index (χ0v) is 14.6. The van der Waals surface area contributed by atoms with E-state index in [0.29, 0.717) is 27.5 Å². The molecule has 3 aromatic rings. The van der Waals surface area contributed by atoms with Gasteiger partial charge in [-0.25, -0.2) is 4.98 Å². The average Bonchev–Trinajstić information content (AvgIpc) is 3.08. The molecule has 0 unspecified atom stereocenters. The van der Waals surface area contributed by atoms with Crippen LogP contribution < -0.4 is 14.4 Å². The molecule has 1 aromatic heterocycles. The van der Waals surface area contributed by atoms with E-state index < -0.39 is 12.1 Å². The molecule has 0 atom stereocenters. The molecule has 0 radical (unpaired) electrons. The van der Waals surface area contributed by atoms with E-state index in [2.05, 4.69) is 4.98 Å². The van der Waals surface area contributed by atoms with E-state index in [1.165, 1.54) is 32.4 Å². The molecule has 0 aliphatic rings. The van der Waals surface area contributed by atoms with Crippen molar-refractivity contribution in [2.24, 2.45) is 0 Å². The summed E-state index contributed by atoms with van der Waals surface area (Å²) in [6, 6.07) is 9.23. The van der Waals surface area contributed by atoms with E-state index in [4.69, 9.17) is 13.9 Å². The van der Waals surface area contributed by atoms with Gasteiger partial charge in [-0.15, -0.1) is 0 Å². The largest absolute Gasteiger partial charge is 0.497 e. The third-order valence-corrected chi connectivity index (χ3v) is 3.90. The van der Waals surface area contributed by atoms with E-state index in [1.807, 2.05) is 0 Å². The number of carbonyl (C=O) groups excluding carboxylic acids is 1. The van der Waals surface area contributed by atoms with E-state index in [9.17, 15) is 18.0 Å². The Kier molecular flexibility index (Phi) is 4.69. The number of benzene rings is 2. The number of carbonyl (C=O) groups is 1. The SMILES string of the molecule is COc1cc(OC)cc(-c2nc3ccc(N(C)C(=O)C(F)(F)F)cc3o2)c1. The van der Waals surface area contributed by atoms with Crippen LogP contribution in [0.3, 0.4) is 0 Å². The van der Waals surface area contributed by atoms with Crippen LogP contribution in [0.15, 0.2) is 40.8 Å². The topological polar surface area (TPSA) is 64.8 Å². The van der Waals surface area contributed by atoms with Crippen LogP contribution in [0.25, 0.3) is 22.6 Å². The molecule has 0 fully saturated rings. The van der Waals surface area contributed by atoms with Crippen LogP contribution in [0, 0.1) is 0 Å². The van der Waals surface area contributed by atoms with Crippen LogP contribution in [-0.2, 0) is 4.79 Å². The minimum Gasteiger partial charge on any atom is -0.497 e. The molecule has 0 saturated carbocycles. The fraction of sp³-hybridized carbons (Fsp3) is 0.222. The van der Waals surface area contributed by atoms with Gasteiger partial charge in [0.05, 0.1) is 14.2 Å². The molecular formula is C18H15F3N2O4. The van der Waals surface area contributed by atoms with Crippen molar-refractivity contribution in [2.45, 2.75) is 6.18 Å². The molecule has 2 aromatic carbocycles. The number of aromatic nitrogens is 1. The Bertz CT molecular complexity index is 976. The second-order valence-electron chi connectivity index (χ2n) is 5.63. The molecule has 0 bridgehead atoms. The molecule has 9 heteroatoms. The van der Waals surface area contributed by atoms with E-state index >= 15 is 0 Å². The third kappa shape index (κ3) is 3.67. The predicted molar refractivity (Wildman–Crippen MR) is 92.0 cm³/mol. The summed E-state index contributed by atoms with van der Waals surface area (Å²) in [5.74, 6) is -0.672. The number of ether oxygens (including phenoxy) is 2. The molecule has 142 valence electrons. The number of fused-ring (bicyclic) bond motifs is 1. The van der Waals surface area contributed by atoms with Crippen LogP contribution in [0.4, 0.5) is 18.9 Å². The van der Waals surface area contributed by atoms with Gasteiger partial charge in [0.2, 0.25) is 5.89 Å². The number of hydrogen-bond acceptors (Lipinski definition) is 5. The lowest BCUT2D eigenvalue weighted by Crippen LogP contribution is -2.38. The Hall–Kier alpha value is -3.23. The Labute approximate surface area is 152 Å². The lowest BCUT2D eigenvalue weighted by atomic mass is 10.2. The van der Waals surface area contributed by atoms with Gasteiger partial charge in [0.15, 0.2) is 5.58 Å². The summed E-state index contributed by atoms with van der Waals surface area (Å²) in [5.41, 5.74) is 1.29. The molecule has 3 rings (SSSR count). The fourth-order valence-electron chi connectivity index (χ4n) is 2.48. The molecular weight excluding hydrogens is 365 g/mol. The highest BCUT2D eigenvalue weighted by molar-refractivity contribution is 5.98. The highest BCUT2D eigenvalue weighted by Crippen LogP contribution is 2.33. The number of methoxy groups -OCH3 is 2. The summed E-state index contributed by atoms with van der Waals surface area (Å²) in [7, 11) is 4.05. The lowest BCUT2D eigenvalue weighted by Gasteiger charge is -2.18. The monoisotopic (exact) mass is 380 g/mol. The predicted octanol–water partition coefficient (Wildman–Crippen LogP) is 4.04. The Morgan fingerprint density at radius 1 is 1.07 bits per heavy atom. The van der Waals surface area contributed by atoms with Gasteiger partial charge in [-0.05, 0) is 24.3 Å². The van der Waals surface area contributed by atoms with Gasteiger partial charge < -0.3 is 18.8 Å². The summed E-state index contributed by atoms with van der Waals surface area (Å²) >= 11 is 0. The van der Waals surface area contributed by atoms with Crippen molar-refractivity contribution < 1.29 is 31.9 Å². The number of alkyl halides is 3. The second-order valence-corrected chi connectivity index (χ2v) is 5.63. The maximum atomic E-state index is 12.6. The lowest BCUT2D eigenvalue weighted by molar-refractivity contribution is -0.170. The van der Waals surface area contributed by atoms with Crippen LogP contribution in [-0.4, -0.2) is 38.3 Å². The van der Waals surface area contributed by atoms with Crippen LogP contribution in [0.2, 0.25) is 0 Å². The first-order valence-electron chi connectivity index (χ1n) is 7.72. The Morgan fingerprint density at radius 3 is 2.26 bits per heavy atom. The van der Waals surface area contributed by atoms with Gasteiger partial charge in [0, 0.05) is 30.4 Å². The Balaban J connectivity index is 2.01. The third-order valence-electron chi connectivity index (χ3n) is 3.90. The number of amides is 1. The van der Waals surface area contributed by atoms with Crippen molar-refractivity contribution >= 4 is 22.7 Å². The number of anilines is 1. The van der Waals surface area contributed by atoms with Gasteiger partial charge in [0.25, 0.3) is 0 Å². The number of nitrogens with zero attached hydrogens (tertiary/aromatic N) is 2. The molecule has 0 aliphatic carbocycles. The summed E-state index contributed by atoms with van der Waals surface area (Å²) < 4.78 is 53.9. The summed E-state index contributed by atoms with van der Waals surface area (Å²) in [4.78, 5) is 16.2. The van der Waals surface area contributed by atoms with Gasteiger partial charge in [-0.3, -0.25) is 4.79 Å². The first-order chi connectivity index (χ1) is 12.7. The molecule has 1 heterocycles. The minimum absolute atomic E-state index is 0.0377. The molecule has 27 heavy (non-hydrogen) atoms.